The van der Waals surface area contributed by atoms with Crippen LogP contribution >= 0.6 is 0 Å². The third-order valence-corrected chi connectivity index (χ3v) is 7.27. The van der Waals surface area contributed by atoms with Gasteiger partial charge in [0, 0.05) is 30.6 Å². The minimum atomic E-state index is -3.25. The highest BCUT2D eigenvalue weighted by Gasteiger charge is 2.57. The van der Waals surface area contributed by atoms with Crippen LogP contribution in [0.15, 0.2) is 9.59 Å². The Morgan fingerprint density at radius 3 is 2.48 bits per heavy atom. The molecule has 3 N–H and O–H groups in total. The fourth-order valence-corrected chi connectivity index (χ4v) is 5.45. The lowest BCUT2D eigenvalue weighted by Gasteiger charge is -2.26. The molecule has 1 spiro atoms. The van der Waals surface area contributed by atoms with Crippen molar-refractivity contribution in [3.63, 3.8) is 0 Å². The van der Waals surface area contributed by atoms with E-state index in [2.05, 4.69) is 4.98 Å². The summed E-state index contributed by atoms with van der Waals surface area (Å²) in [6.07, 6.45) is -1.28. The fourth-order valence-electron chi connectivity index (χ4n) is 5.45. The van der Waals surface area contributed by atoms with Crippen molar-refractivity contribution in [3.05, 3.63) is 37.8 Å². The largest absolute Gasteiger partial charge is 0.394 e. The lowest BCUT2D eigenvalue weighted by atomic mass is 9.88. The van der Waals surface area contributed by atoms with Crippen LogP contribution in [0, 0.1) is 24.1 Å². The van der Waals surface area contributed by atoms with Gasteiger partial charge in [-0.25, -0.2) is 18.0 Å². The Kier molecular flexibility index (Phi) is 4.53. The first-order valence-electron chi connectivity index (χ1n) is 10.5. The number of fused-ring (bicyclic) bond motifs is 1. The molecule has 7 nitrogen and oxygen atoms in total. The van der Waals surface area contributed by atoms with Gasteiger partial charge in [-0.1, -0.05) is 0 Å². The maximum absolute atomic E-state index is 15.6. The summed E-state index contributed by atoms with van der Waals surface area (Å²) < 4.78 is 45.0. The van der Waals surface area contributed by atoms with E-state index in [1.165, 1.54) is 4.57 Å². The van der Waals surface area contributed by atoms with Crippen molar-refractivity contribution in [2.45, 2.75) is 51.2 Å². The van der Waals surface area contributed by atoms with Gasteiger partial charge in [-0.05, 0) is 38.0 Å². The second kappa shape index (κ2) is 6.83. The summed E-state index contributed by atoms with van der Waals surface area (Å²) in [5.74, 6) is -1.48. The summed E-state index contributed by atoms with van der Waals surface area (Å²) in [5, 5.41) is 19.2. The lowest BCUT2D eigenvalue weighted by molar-refractivity contribution is 0.0335. The molecule has 5 rings (SSSR count). The normalized spacial score (nSPS) is 23.3. The van der Waals surface area contributed by atoms with Gasteiger partial charge in [-0.2, -0.15) is 0 Å². The number of benzene rings is 1. The van der Waals surface area contributed by atoms with E-state index >= 15 is 4.39 Å². The molecule has 10 heteroatoms. The second-order valence-electron chi connectivity index (χ2n) is 9.19. The number of aromatic nitrogens is 2. The van der Waals surface area contributed by atoms with Crippen LogP contribution in [0.25, 0.3) is 10.9 Å². The Morgan fingerprint density at radius 1 is 1.26 bits per heavy atom. The quantitative estimate of drug-likeness (QED) is 0.662. The van der Waals surface area contributed by atoms with Gasteiger partial charge in [-0.3, -0.25) is 14.3 Å². The predicted molar refractivity (Wildman–Crippen MR) is 107 cm³/mol. The summed E-state index contributed by atoms with van der Waals surface area (Å²) in [5.41, 5.74) is -2.72. The van der Waals surface area contributed by atoms with Crippen LogP contribution in [0.3, 0.4) is 0 Å². The zero-order valence-corrected chi connectivity index (χ0v) is 17.0. The number of hydrogen-bond donors (Lipinski definition) is 3. The molecule has 1 aliphatic heterocycles. The zero-order chi connectivity index (χ0) is 22.2. The Hall–Kier alpha value is -2.33. The molecular weight excluding hydrogens is 415 g/mol. The van der Waals surface area contributed by atoms with Gasteiger partial charge in [0.05, 0.1) is 34.9 Å². The monoisotopic (exact) mass is 439 g/mol. The molecule has 3 fully saturated rings. The molecule has 2 atom stereocenters. The molecular formula is C21H24F3N3O4. The first kappa shape index (κ1) is 20.6. The van der Waals surface area contributed by atoms with Gasteiger partial charge >= 0.3 is 5.69 Å². The fraction of sp³-hybridized carbons (Fsp3) is 0.619. The van der Waals surface area contributed by atoms with Crippen molar-refractivity contribution in [3.8, 4) is 0 Å². The summed E-state index contributed by atoms with van der Waals surface area (Å²) in [6.45, 7) is 1.67. The molecule has 0 radical (unpaired) electrons. The lowest BCUT2D eigenvalue weighted by Crippen LogP contribution is -2.33. The number of aliphatic hydroxyl groups excluding tert-OH is 2. The van der Waals surface area contributed by atoms with Crippen LogP contribution < -0.4 is 16.1 Å². The smallest absolute Gasteiger partial charge is 0.329 e. The highest BCUT2D eigenvalue weighted by molar-refractivity contribution is 5.90. The van der Waals surface area contributed by atoms with E-state index in [0.29, 0.717) is 19.4 Å². The Labute approximate surface area is 175 Å². The van der Waals surface area contributed by atoms with Crippen LogP contribution in [-0.4, -0.2) is 45.6 Å². The van der Waals surface area contributed by atoms with Crippen LogP contribution in [0.4, 0.5) is 18.9 Å². The first-order valence-corrected chi connectivity index (χ1v) is 10.5. The standard InChI is InChI=1S/C21H24F3N3O4/c1-9-16-14(19(30)25-20(31)27(16)10-2-3-10)13(18(23)24)15(22)17(9)26-6-11(12(29)7-28)21(8-26)4-5-21/h10-12,18,28-29H,2-8H2,1H3,(H,25,30,31). The summed E-state index contributed by atoms with van der Waals surface area (Å²) in [4.78, 5) is 28.7. The number of nitrogens with zero attached hydrogens (tertiary/aromatic N) is 2. The minimum absolute atomic E-state index is 0.0545. The van der Waals surface area contributed by atoms with Crippen molar-refractivity contribution in [1.82, 2.24) is 9.55 Å². The molecule has 2 heterocycles. The van der Waals surface area contributed by atoms with Crippen molar-refractivity contribution in [1.29, 1.82) is 0 Å². The van der Waals surface area contributed by atoms with Gasteiger partial charge in [0.1, 0.15) is 0 Å². The maximum Gasteiger partial charge on any atom is 0.329 e. The SMILES string of the molecule is Cc1c(N2CC(C(O)CO)C3(CC3)C2)c(F)c(C(F)F)c2c(=O)[nH]c(=O)n(C3CC3)c12. The molecule has 2 aliphatic carbocycles. The van der Waals surface area contributed by atoms with Crippen LogP contribution in [0.1, 0.15) is 49.3 Å². The Bertz CT molecular complexity index is 1180. The zero-order valence-electron chi connectivity index (χ0n) is 17.0. The van der Waals surface area contributed by atoms with Crippen molar-refractivity contribution >= 4 is 16.6 Å². The molecule has 31 heavy (non-hydrogen) atoms. The van der Waals surface area contributed by atoms with E-state index in [0.717, 1.165) is 12.8 Å². The average Bonchev–Trinajstić information content (AvgIpc) is 3.61. The molecule has 0 amide bonds. The summed E-state index contributed by atoms with van der Waals surface area (Å²) >= 11 is 0. The molecule has 2 aromatic rings. The molecule has 2 saturated carbocycles. The van der Waals surface area contributed by atoms with E-state index in [1.54, 1.807) is 11.8 Å². The van der Waals surface area contributed by atoms with Gasteiger partial charge in [0.2, 0.25) is 0 Å². The predicted octanol–water partition coefficient (Wildman–Crippen LogP) is 1.98. The number of nitrogens with one attached hydrogen (secondary N) is 1. The number of aryl methyl sites for hydroxylation is 1. The Balaban J connectivity index is 1.78. The van der Waals surface area contributed by atoms with Crippen molar-refractivity contribution in [2.75, 3.05) is 24.6 Å². The highest BCUT2D eigenvalue weighted by atomic mass is 19.3. The van der Waals surface area contributed by atoms with Crippen LogP contribution in [0.5, 0.6) is 0 Å². The highest BCUT2D eigenvalue weighted by Crippen LogP contribution is 2.58. The molecule has 1 aromatic carbocycles. The first-order chi connectivity index (χ1) is 14.7. The third kappa shape index (κ3) is 2.95. The van der Waals surface area contributed by atoms with Crippen molar-refractivity contribution in [2.24, 2.45) is 11.3 Å². The number of halogens is 3. The van der Waals surface area contributed by atoms with Gasteiger partial charge < -0.3 is 15.1 Å². The molecule has 1 saturated heterocycles. The molecule has 0 bridgehead atoms. The van der Waals surface area contributed by atoms with Gasteiger partial charge in [0.25, 0.3) is 12.0 Å². The van der Waals surface area contributed by atoms with Gasteiger partial charge in [-0.15, -0.1) is 0 Å². The number of anilines is 1. The molecule has 2 unspecified atom stereocenters. The number of aromatic amines is 1. The van der Waals surface area contributed by atoms with E-state index in [4.69, 9.17) is 0 Å². The Morgan fingerprint density at radius 2 is 1.94 bits per heavy atom. The van der Waals surface area contributed by atoms with Crippen LogP contribution in [-0.2, 0) is 0 Å². The summed E-state index contributed by atoms with van der Waals surface area (Å²) in [6, 6.07) is -0.216. The molecule has 168 valence electrons. The van der Waals surface area contributed by atoms with E-state index in [9.17, 15) is 28.6 Å². The van der Waals surface area contributed by atoms with E-state index in [-0.39, 0.29) is 40.7 Å². The van der Waals surface area contributed by atoms with Crippen molar-refractivity contribution < 1.29 is 23.4 Å². The average molecular weight is 439 g/mol. The number of hydrogen-bond acceptors (Lipinski definition) is 5. The van der Waals surface area contributed by atoms with Gasteiger partial charge in [0.15, 0.2) is 5.82 Å². The molecule has 1 aromatic heterocycles. The van der Waals surface area contributed by atoms with E-state index in [1.807, 2.05) is 0 Å². The number of rotatable bonds is 5. The topological polar surface area (TPSA) is 98.6 Å². The number of alkyl halides is 2. The second-order valence-corrected chi connectivity index (χ2v) is 9.19. The minimum Gasteiger partial charge on any atom is -0.394 e. The molecule has 3 aliphatic rings. The van der Waals surface area contributed by atoms with Crippen LogP contribution in [0.2, 0.25) is 0 Å². The summed E-state index contributed by atoms with van der Waals surface area (Å²) in [7, 11) is 0. The number of H-pyrrole nitrogens is 1. The maximum atomic E-state index is 15.6. The van der Waals surface area contributed by atoms with E-state index < -0.39 is 47.2 Å². The number of aliphatic hydroxyl groups is 2. The third-order valence-electron chi connectivity index (χ3n) is 7.27.